The fourth-order valence-electron chi connectivity index (χ4n) is 3.10. The van der Waals surface area contributed by atoms with Crippen LogP contribution in [-0.2, 0) is 16.8 Å². The minimum atomic E-state index is -3.55. The number of nitrogens with zero attached hydrogens (tertiary/aromatic N) is 3. The largest absolute Gasteiger partial charge is 0.390 e. The number of β-amino-alcohol motifs (C(OH)–C–C–N with tert-alkyl or cyclic N) is 1. The smallest absolute Gasteiger partial charge is 0.279 e. The maximum Gasteiger partial charge on any atom is 0.279 e. The van der Waals surface area contributed by atoms with Gasteiger partial charge in [-0.05, 0) is 12.0 Å². The minimum absolute atomic E-state index is 0.403. The summed E-state index contributed by atoms with van der Waals surface area (Å²) < 4.78 is 27.6. The molecule has 1 aromatic heterocycles. The molecule has 0 saturated carbocycles. The number of rotatable bonds is 6. The number of aromatic amines is 1. The van der Waals surface area contributed by atoms with Crippen LogP contribution < -0.4 is 4.72 Å². The van der Waals surface area contributed by atoms with Crippen LogP contribution in [-0.4, -0.2) is 72.3 Å². The van der Waals surface area contributed by atoms with E-state index in [1.165, 1.54) is 14.1 Å². The first-order valence-corrected chi connectivity index (χ1v) is 9.98. The van der Waals surface area contributed by atoms with Crippen LogP contribution in [0.5, 0.6) is 0 Å². The maximum atomic E-state index is 12.0. The Bertz CT molecular complexity index is 822. The van der Waals surface area contributed by atoms with Crippen molar-refractivity contribution in [2.45, 2.75) is 25.1 Å². The van der Waals surface area contributed by atoms with E-state index in [1.54, 1.807) is 6.20 Å². The van der Waals surface area contributed by atoms with Gasteiger partial charge in [-0.15, -0.1) is 0 Å². The molecule has 3 rings (SSSR count). The zero-order valence-corrected chi connectivity index (χ0v) is 15.8. The van der Waals surface area contributed by atoms with Gasteiger partial charge in [-0.2, -0.15) is 22.5 Å². The fourth-order valence-corrected chi connectivity index (χ4v) is 3.97. The molecule has 1 aliphatic rings. The van der Waals surface area contributed by atoms with Gasteiger partial charge in [0.2, 0.25) is 0 Å². The van der Waals surface area contributed by atoms with Gasteiger partial charge in [-0.1, -0.05) is 30.3 Å². The van der Waals surface area contributed by atoms with Crippen molar-refractivity contribution in [1.82, 2.24) is 24.1 Å². The van der Waals surface area contributed by atoms with Crippen molar-refractivity contribution < 1.29 is 13.5 Å². The van der Waals surface area contributed by atoms with Crippen LogP contribution in [0.3, 0.4) is 0 Å². The molecule has 2 aromatic rings. The lowest BCUT2D eigenvalue weighted by atomic mass is 10.0. The summed E-state index contributed by atoms with van der Waals surface area (Å²) in [7, 11) is -0.619. The number of nitrogens with one attached hydrogen (secondary N) is 2. The minimum Gasteiger partial charge on any atom is -0.390 e. The van der Waals surface area contributed by atoms with Gasteiger partial charge in [-0.3, -0.25) is 10.00 Å². The Hall–Kier alpha value is -1.78. The number of H-pyrrole nitrogens is 1. The third-order valence-corrected chi connectivity index (χ3v) is 6.18. The van der Waals surface area contributed by atoms with Gasteiger partial charge in [-0.25, -0.2) is 0 Å². The Morgan fingerprint density at radius 1 is 1.35 bits per heavy atom. The van der Waals surface area contributed by atoms with E-state index in [9.17, 15) is 13.5 Å². The number of piperidine rings is 1. The number of benzene rings is 1. The van der Waals surface area contributed by atoms with E-state index in [0.717, 1.165) is 21.1 Å². The van der Waals surface area contributed by atoms with Crippen LogP contribution in [0.25, 0.3) is 11.3 Å². The highest BCUT2D eigenvalue weighted by molar-refractivity contribution is 7.87. The van der Waals surface area contributed by atoms with E-state index in [1.807, 2.05) is 30.3 Å². The highest BCUT2D eigenvalue weighted by atomic mass is 32.2. The zero-order valence-electron chi connectivity index (χ0n) is 15.0. The summed E-state index contributed by atoms with van der Waals surface area (Å²) in [6.45, 7) is 1.74. The second kappa shape index (κ2) is 7.85. The molecule has 1 fully saturated rings. The second-order valence-corrected chi connectivity index (χ2v) is 8.66. The van der Waals surface area contributed by atoms with Gasteiger partial charge in [0.1, 0.15) is 0 Å². The average molecular weight is 379 g/mol. The molecule has 0 spiro atoms. The number of aromatic nitrogens is 2. The first-order valence-electron chi connectivity index (χ1n) is 8.54. The monoisotopic (exact) mass is 379 g/mol. The normalized spacial score (nSPS) is 22.0. The number of hydrogen-bond donors (Lipinski definition) is 3. The standard InChI is InChI=1S/C17H25N5O3S/c1-21(2)26(24,25)20-15-8-9-22(12-16(15)23)11-14-10-18-19-17(14)13-6-4-3-5-7-13/h3-7,10,15-16,20,23H,8-9,11-12H2,1-2H3,(H,18,19)/t15-,16-/m1/s1. The van der Waals surface area contributed by atoms with E-state index in [-0.39, 0.29) is 0 Å². The van der Waals surface area contributed by atoms with Crippen LogP contribution in [0.4, 0.5) is 0 Å². The first-order chi connectivity index (χ1) is 12.4. The average Bonchev–Trinajstić information content (AvgIpc) is 3.06. The number of hydrogen-bond acceptors (Lipinski definition) is 5. The van der Waals surface area contributed by atoms with E-state index in [4.69, 9.17) is 0 Å². The summed E-state index contributed by atoms with van der Waals surface area (Å²) in [6.07, 6.45) is 1.59. The van der Waals surface area contributed by atoms with E-state index >= 15 is 0 Å². The Labute approximate surface area is 154 Å². The molecular weight excluding hydrogens is 354 g/mol. The highest BCUT2D eigenvalue weighted by Gasteiger charge is 2.31. The molecule has 0 amide bonds. The zero-order chi connectivity index (χ0) is 18.7. The van der Waals surface area contributed by atoms with Crippen LogP contribution in [0.2, 0.25) is 0 Å². The van der Waals surface area contributed by atoms with Crippen molar-refractivity contribution in [2.75, 3.05) is 27.2 Å². The van der Waals surface area contributed by atoms with Crippen LogP contribution in [0, 0.1) is 0 Å². The predicted octanol–water partition coefficient (Wildman–Crippen LogP) is 0.408. The Balaban J connectivity index is 1.64. The first kappa shape index (κ1) is 19.0. The second-order valence-electron chi connectivity index (χ2n) is 6.74. The SMILES string of the molecule is CN(C)S(=O)(=O)N[C@@H]1CCN(Cc2cn[nH]c2-c2ccccc2)C[C@H]1O. The van der Waals surface area contributed by atoms with Gasteiger partial charge < -0.3 is 5.11 Å². The summed E-state index contributed by atoms with van der Waals surface area (Å²) in [6, 6.07) is 9.49. The topological polar surface area (TPSA) is 102 Å². The van der Waals surface area contributed by atoms with Crippen molar-refractivity contribution in [3.63, 3.8) is 0 Å². The van der Waals surface area contributed by atoms with E-state index < -0.39 is 22.4 Å². The third kappa shape index (κ3) is 4.30. The molecule has 8 nitrogen and oxygen atoms in total. The number of likely N-dealkylation sites (tertiary alicyclic amines) is 1. The quantitative estimate of drug-likeness (QED) is 0.675. The van der Waals surface area contributed by atoms with Crippen LogP contribution in [0.15, 0.2) is 36.5 Å². The molecule has 1 saturated heterocycles. The van der Waals surface area contributed by atoms with E-state index in [0.29, 0.717) is 26.1 Å². The molecule has 2 atom stereocenters. The summed E-state index contributed by atoms with van der Waals surface area (Å²) in [5.41, 5.74) is 3.08. The Morgan fingerprint density at radius 3 is 2.73 bits per heavy atom. The molecule has 0 bridgehead atoms. The molecule has 1 aromatic carbocycles. The van der Waals surface area contributed by atoms with Gasteiger partial charge in [0.05, 0.1) is 24.0 Å². The van der Waals surface area contributed by atoms with Gasteiger partial charge in [0.15, 0.2) is 0 Å². The summed E-state index contributed by atoms with van der Waals surface area (Å²) in [5.74, 6) is 0. The molecule has 26 heavy (non-hydrogen) atoms. The lowest BCUT2D eigenvalue weighted by Crippen LogP contribution is -2.55. The molecule has 142 valence electrons. The lowest BCUT2D eigenvalue weighted by molar-refractivity contribution is 0.0442. The van der Waals surface area contributed by atoms with Gasteiger partial charge in [0.25, 0.3) is 10.2 Å². The van der Waals surface area contributed by atoms with Crippen LogP contribution >= 0.6 is 0 Å². The molecule has 0 unspecified atom stereocenters. The van der Waals surface area contributed by atoms with Crippen molar-refractivity contribution in [2.24, 2.45) is 0 Å². The fraction of sp³-hybridized carbons (Fsp3) is 0.471. The summed E-state index contributed by atoms with van der Waals surface area (Å²) >= 11 is 0. The third-order valence-electron chi connectivity index (χ3n) is 4.62. The molecule has 2 heterocycles. The summed E-state index contributed by atoms with van der Waals surface area (Å²) in [5, 5.41) is 17.6. The molecule has 1 aliphatic heterocycles. The molecular formula is C17H25N5O3S. The number of aliphatic hydroxyl groups is 1. The Morgan fingerprint density at radius 2 is 2.08 bits per heavy atom. The van der Waals surface area contributed by atoms with Gasteiger partial charge >= 0.3 is 0 Å². The van der Waals surface area contributed by atoms with Crippen molar-refractivity contribution in [3.8, 4) is 11.3 Å². The van der Waals surface area contributed by atoms with Gasteiger partial charge in [0, 0.05) is 39.3 Å². The van der Waals surface area contributed by atoms with Crippen LogP contribution in [0.1, 0.15) is 12.0 Å². The van der Waals surface area contributed by atoms with Crippen molar-refractivity contribution >= 4 is 10.2 Å². The molecule has 3 N–H and O–H groups in total. The highest BCUT2D eigenvalue weighted by Crippen LogP contribution is 2.23. The summed E-state index contributed by atoms with van der Waals surface area (Å²) in [4.78, 5) is 2.11. The van der Waals surface area contributed by atoms with Crippen molar-refractivity contribution in [1.29, 1.82) is 0 Å². The Kier molecular flexibility index (Phi) is 5.73. The lowest BCUT2D eigenvalue weighted by Gasteiger charge is -2.36. The molecule has 9 heteroatoms. The van der Waals surface area contributed by atoms with E-state index in [2.05, 4.69) is 19.8 Å². The number of aliphatic hydroxyl groups excluding tert-OH is 1. The van der Waals surface area contributed by atoms with Crippen molar-refractivity contribution in [3.05, 3.63) is 42.1 Å². The molecule has 0 radical (unpaired) electrons. The predicted molar refractivity (Wildman–Crippen MR) is 99.5 cm³/mol. The molecule has 0 aliphatic carbocycles. The maximum absolute atomic E-state index is 12.0.